The van der Waals surface area contributed by atoms with Gasteiger partial charge in [0.15, 0.2) is 0 Å². The summed E-state index contributed by atoms with van der Waals surface area (Å²) >= 11 is 0. The van der Waals surface area contributed by atoms with Crippen molar-refractivity contribution < 1.29 is 23.5 Å². The lowest BCUT2D eigenvalue weighted by molar-refractivity contribution is -0.128. The molecule has 0 saturated carbocycles. The summed E-state index contributed by atoms with van der Waals surface area (Å²) in [5.41, 5.74) is 3.89. The Morgan fingerprint density at radius 1 is 1.06 bits per heavy atom. The van der Waals surface area contributed by atoms with E-state index in [4.69, 9.17) is 15.2 Å². The fourth-order valence-electron chi connectivity index (χ4n) is 3.68. The number of carbonyl (C=O) groups excluding carboxylic acids is 2. The number of likely N-dealkylation sites (tertiary alicyclic amines) is 1. The number of alkyl halides is 1. The second-order valence-corrected chi connectivity index (χ2v) is 8.30. The largest absolute Gasteiger partial charge is 0.457 e. The first-order valence-electron chi connectivity index (χ1n) is 11.4. The van der Waals surface area contributed by atoms with E-state index in [1.54, 1.807) is 29.2 Å². The minimum Gasteiger partial charge on any atom is -0.457 e. The van der Waals surface area contributed by atoms with Crippen LogP contribution in [0.4, 0.5) is 10.3 Å². The Balaban J connectivity index is 1.42. The average Bonchev–Trinajstić information content (AvgIpc) is 2.89. The van der Waals surface area contributed by atoms with Gasteiger partial charge in [0.1, 0.15) is 28.5 Å². The van der Waals surface area contributed by atoms with Crippen molar-refractivity contribution in [2.75, 3.05) is 25.0 Å². The molecule has 9 nitrogen and oxygen atoms in total. The van der Waals surface area contributed by atoms with Gasteiger partial charge in [0, 0.05) is 32.1 Å². The van der Waals surface area contributed by atoms with Crippen LogP contribution in [0.15, 0.2) is 73.4 Å². The van der Waals surface area contributed by atoms with Gasteiger partial charge in [-0.05, 0) is 42.5 Å². The first-order chi connectivity index (χ1) is 17.3. The van der Waals surface area contributed by atoms with Crippen molar-refractivity contribution in [2.24, 2.45) is 5.73 Å². The number of anilines is 1. The van der Waals surface area contributed by atoms with E-state index in [9.17, 15) is 9.59 Å². The second-order valence-electron chi connectivity index (χ2n) is 8.30. The number of hydrogen-bond acceptors (Lipinski definition) is 7. The summed E-state index contributed by atoms with van der Waals surface area (Å²) in [6.45, 7) is 3.99. The molecule has 0 spiro atoms. The highest BCUT2D eigenvalue weighted by molar-refractivity contribution is 5.95. The van der Waals surface area contributed by atoms with Crippen LogP contribution in [0.25, 0.3) is 0 Å². The lowest BCUT2D eigenvalue weighted by Gasteiger charge is -2.36. The monoisotopic (exact) mass is 491 g/mol. The number of nitrogens with one attached hydrogen (secondary N) is 1. The summed E-state index contributed by atoms with van der Waals surface area (Å²) in [4.78, 5) is 33.5. The quantitative estimate of drug-likeness (QED) is 0.433. The van der Waals surface area contributed by atoms with Gasteiger partial charge in [0.2, 0.25) is 17.7 Å². The molecule has 0 radical (unpaired) electrons. The molecule has 0 bridgehead atoms. The predicted octanol–water partition coefficient (Wildman–Crippen LogP) is 4.09. The van der Waals surface area contributed by atoms with Crippen LogP contribution in [0.5, 0.6) is 23.1 Å². The lowest BCUT2D eigenvalue weighted by atomic mass is 9.93. The molecule has 1 saturated heterocycles. The molecule has 0 aliphatic carbocycles. The van der Waals surface area contributed by atoms with Gasteiger partial charge in [-0.2, -0.15) is 4.98 Å². The first-order valence-corrected chi connectivity index (χ1v) is 11.4. The molecular formula is C26H26FN5O4. The molecule has 4 rings (SSSR count). The highest BCUT2D eigenvalue weighted by Crippen LogP contribution is 2.29. The third kappa shape index (κ3) is 6.15. The van der Waals surface area contributed by atoms with Crippen molar-refractivity contribution in [3.05, 3.63) is 79.0 Å². The van der Waals surface area contributed by atoms with E-state index in [-0.39, 0.29) is 42.7 Å². The molecule has 1 aliphatic heterocycles. The van der Waals surface area contributed by atoms with Crippen LogP contribution in [-0.4, -0.2) is 52.0 Å². The predicted molar refractivity (Wildman–Crippen MR) is 132 cm³/mol. The van der Waals surface area contributed by atoms with Crippen molar-refractivity contribution in [2.45, 2.75) is 18.5 Å². The lowest BCUT2D eigenvalue weighted by Crippen LogP contribution is -2.47. The highest BCUT2D eigenvalue weighted by atomic mass is 19.1. The maximum absolute atomic E-state index is 15.2. The number of rotatable bonds is 9. The molecule has 2 amide bonds. The molecule has 3 aromatic rings. The first kappa shape index (κ1) is 24.6. The fourth-order valence-corrected chi connectivity index (χ4v) is 3.68. The molecule has 3 N–H and O–H groups in total. The number of halogens is 1. The summed E-state index contributed by atoms with van der Waals surface area (Å²) in [6.07, 6.45) is 2.79. The van der Waals surface area contributed by atoms with Crippen LogP contribution in [0.1, 0.15) is 23.2 Å². The number of hydrogen-bond donors (Lipinski definition) is 2. The summed E-state index contributed by atoms with van der Waals surface area (Å²) in [5, 5.41) is 2.87. The number of primary amides is 1. The molecule has 186 valence electrons. The zero-order chi connectivity index (χ0) is 25.5. The molecule has 36 heavy (non-hydrogen) atoms. The van der Waals surface area contributed by atoms with Gasteiger partial charge < -0.3 is 25.4 Å². The Bertz CT molecular complexity index is 1230. The van der Waals surface area contributed by atoms with E-state index in [0.29, 0.717) is 30.3 Å². The number of aromatic nitrogens is 2. The van der Waals surface area contributed by atoms with Crippen LogP contribution < -0.4 is 20.5 Å². The number of benzene rings is 2. The van der Waals surface area contributed by atoms with Crippen molar-refractivity contribution >= 4 is 17.8 Å². The number of nitrogens with zero attached hydrogens (tertiary/aromatic N) is 3. The smallest absolute Gasteiger partial charge is 0.255 e. The number of para-hydroxylation sites is 1. The Kier molecular flexibility index (Phi) is 7.43. The second kappa shape index (κ2) is 10.9. The molecular weight excluding hydrogens is 465 g/mol. The zero-order valence-corrected chi connectivity index (χ0v) is 19.5. The molecule has 0 atom stereocenters. The van der Waals surface area contributed by atoms with Crippen molar-refractivity contribution in [1.29, 1.82) is 0 Å². The van der Waals surface area contributed by atoms with Crippen LogP contribution in [-0.2, 0) is 4.79 Å². The van der Waals surface area contributed by atoms with Crippen molar-refractivity contribution in [3.8, 4) is 23.1 Å². The maximum atomic E-state index is 15.2. The molecule has 0 unspecified atom stereocenters. The Morgan fingerprint density at radius 3 is 2.28 bits per heavy atom. The van der Waals surface area contributed by atoms with Gasteiger partial charge in [-0.25, -0.2) is 9.37 Å². The van der Waals surface area contributed by atoms with E-state index in [1.807, 2.05) is 30.3 Å². The van der Waals surface area contributed by atoms with E-state index >= 15 is 4.39 Å². The zero-order valence-electron chi connectivity index (χ0n) is 19.5. The van der Waals surface area contributed by atoms with Crippen LogP contribution in [0.3, 0.4) is 0 Å². The molecule has 1 aromatic heterocycles. The highest BCUT2D eigenvalue weighted by Gasteiger charge is 2.35. The van der Waals surface area contributed by atoms with E-state index in [0.717, 1.165) is 0 Å². The van der Waals surface area contributed by atoms with Gasteiger partial charge in [-0.1, -0.05) is 24.8 Å². The van der Waals surface area contributed by atoms with Gasteiger partial charge in [0.25, 0.3) is 5.91 Å². The van der Waals surface area contributed by atoms with Crippen LogP contribution >= 0.6 is 0 Å². The number of nitrogens with two attached hydrogens (primary N) is 1. The average molecular weight is 492 g/mol. The third-order valence-corrected chi connectivity index (χ3v) is 5.75. The van der Waals surface area contributed by atoms with Gasteiger partial charge in [-0.3, -0.25) is 9.59 Å². The van der Waals surface area contributed by atoms with Gasteiger partial charge in [0.05, 0.1) is 6.54 Å². The van der Waals surface area contributed by atoms with Crippen LogP contribution in [0, 0.1) is 0 Å². The van der Waals surface area contributed by atoms with Crippen molar-refractivity contribution in [3.63, 3.8) is 0 Å². The van der Waals surface area contributed by atoms with E-state index in [2.05, 4.69) is 21.9 Å². The summed E-state index contributed by atoms with van der Waals surface area (Å²) in [7, 11) is 0. The topological polar surface area (TPSA) is 120 Å². The number of piperidine rings is 1. The molecule has 10 heteroatoms. The van der Waals surface area contributed by atoms with Crippen LogP contribution in [0.2, 0.25) is 0 Å². The summed E-state index contributed by atoms with van der Waals surface area (Å²) in [6, 6.07) is 16.1. The van der Waals surface area contributed by atoms with Gasteiger partial charge in [-0.15, -0.1) is 0 Å². The third-order valence-electron chi connectivity index (χ3n) is 5.75. The fraction of sp³-hybridized carbons (Fsp3) is 0.231. The standard InChI is InChI=1S/C26H26FN5O4/c1-2-22(33)32-14-12-26(27,13-15-32)17-30-25-29-16-21(23(28)34)24(31-25)36-20-10-8-19(9-11-20)35-18-6-4-3-5-7-18/h2-11,16H,1,12-15,17H2,(H2,28,34)(H,29,30,31). The number of amides is 2. The Morgan fingerprint density at radius 2 is 1.67 bits per heavy atom. The number of carbonyl (C=O) groups is 2. The Hall–Kier alpha value is -4.47. The minimum atomic E-state index is -1.54. The molecule has 2 heterocycles. The normalized spacial score (nSPS) is 14.5. The summed E-state index contributed by atoms with van der Waals surface area (Å²) in [5.74, 6) is 0.735. The number of ether oxygens (including phenoxy) is 2. The van der Waals surface area contributed by atoms with E-state index < -0.39 is 11.6 Å². The SMILES string of the molecule is C=CC(=O)N1CCC(F)(CNc2ncc(C(N)=O)c(Oc3ccc(Oc4ccccc4)cc3)n2)CC1. The maximum Gasteiger partial charge on any atom is 0.255 e. The Labute approximate surface area is 207 Å². The molecule has 1 aliphatic rings. The minimum absolute atomic E-state index is 0.0173. The van der Waals surface area contributed by atoms with Gasteiger partial charge >= 0.3 is 0 Å². The molecule has 2 aromatic carbocycles. The molecule has 1 fully saturated rings. The summed E-state index contributed by atoms with van der Waals surface area (Å²) < 4.78 is 26.8. The van der Waals surface area contributed by atoms with E-state index in [1.165, 1.54) is 12.3 Å². The van der Waals surface area contributed by atoms with Crippen molar-refractivity contribution in [1.82, 2.24) is 14.9 Å².